The lowest BCUT2D eigenvalue weighted by atomic mass is 10.00. The number of hydrogen-bond acceptors (Lipinski definition) is 4. The Bertz CT molecular complexity index is 1340. The molecule has 6 heteroatoms. The normalized spacial score (nSPS) is 11.2. The van der Waals surface area contributed by atoms with Gasteiger partial charge in [0.15, 0.2) is 5.43 Å². The monoisotopic (exact) mass is 415 g/mol. The van der Waals surface area contributed by atoms with Crippen LogP contribution < -0.4 is 10.3 Å². The SMILES string of the molecule is CCc1ccc2c(=O)c3ccc(Cc4cccnc4)cc3n(CC(=O)O)c2c1N(C)C. The Morgan fingerprint density at radius 2 is 1.87 bits per heavy atom. The molecule has 0 bridgehead atoms. The fraction of sp³-hybridized carbons (Fsp3) is 0.240. The first-order valence-electron chi connectivity index (χ1n) is 10.3. The number of nitrogens with zero attached hydrogens (tertiary/aromatic N) is 3. The minimum absolute atomic E-state index is 0.0784. The predicted molar refractivity (Wildman–Crippen MR) is 124 cm³/mol. The highest BCUT2D eigenvalue weighted by Gasteiger charge is 2.19. The molecule has 0 saturated carbocycles. The second kappa shape index (κ2) is 8.22. The molecule has 2 heterocycles. The number of pyridine rings is 2. The lowest BCUT2D eigenvalue weighted by molar-refractivity contribution is -0.137. The van der Waals surface area contributed by atoms with Crippen molar-refractivity contribution < 1.29 is 9.90 Å². The minimum Gasteiger partial charge on any atom is -0.480 e. The van der Waals surface area contributed by atoms with Crippen molar-refractivity contribution in [3.63, 3.8) is 0 Å². The van der Waals surface area contributed by atoms with Crippen LogP contribution >= 0.6 is 0 Å². The molecule has 0 unspecified atom stereocenters. The fourth-order valence-corrected chi connectivity index (χ4v) is 4.27. The van der Waals surface area contributed by atoms with E-state index in [0.717, 1.165) is 28.8 Å². The molecule has 0 aliphatic carbocycles. The molecule has 0 amide bonds. The summed E-state index contributed by atoms with van der Waals surface area (Å²) in [6, 6.07) is 13.4. The van der Waals surface area contributed by atoms with Gasteiger partial charge in [-0.15, -0.1) is 0 Å². The molecule has 1 N–H and O–H groups in total. The number of carboxylic acid groups (broad SMARTS) is 1. The predicted octanol–water partition coefficient (Wildman–Crippen LogP) is 3.85. The number of aromatic nitrogens is 2. The van der Waals surface area contributed by atoms with E-state index in [-0.39, 0.29) is 12.0 Å². The van der Waals surface area contributed by atoms with Crippen molar-refractivity contribution in [2.24, 2.45) is 0 Å². The molecule has 4 aromatic rings. The number of hydrogen-bond donors (Lipinski definition) is 1. The third-order valence-corrected chi connectivity index (χ3v) is 5.60. The summed E-state index contributed by atoms with van der Waals surface area (Å²) < 4.78 is 1.77. The van der Waals surface area contributed by atoms with Crippen molar-refractivity contribution in [2.45, 2.75) is 26.3 Å². The van der Waals surface area contributed by atoms with Gasteiger partial charge in [0.2, 0.25) is 0 Å². The summed E-state index contributed by atoms with van der Waals surface area (Å²) in [5, 5.41) is 10.8. The number of anilines is 1. The van der Waals surface area contributed by atoms with E-state index in [2.05, 4.69) is 11.9 Å². The van der Waals surface area contributed by atoms with E-state index in [1.165, 1.54) is 0 Å². The molecule has 158 valence electrons. The van der Waals surface area contributed by atoms with Gasteiger partial charge in [-0.1, -0.05) is 25.1 Å². The summed E-state index contributed by atoms with van der Waals surface area (Å²) in [7, 11) is 3.85. The maximum absolute atomic E-state index is 13.4. The van der Waals surface area contributed by atoms with Crippen LogP contribution in [-0.4, -0.2) is 34.7 Å². The standard InChI is InChI=1S/C25H25N3O3/c1-4-18-8-10-20-24(23(18)27(2)3)28(15-22(29)30)21-13-16(7-9-19(21)25(20)31)12-17-6-5-11-26-14-17/h5-11,13-14H,4,12,15H2,1-3H3,(H,29,30). The number of aryl methyl sites for hydroxylation is 1. The van der Waals surface area contributed by atoms with Crippen molar-refractivity contribution in [1.82, 2.24) is 9.55 Å². The van der Waals surface area contributed by atoms with Crippen molar-refractivity contribution in [3.8, 4) is 0 Å². The van der Waals surface area contributed by atoms with Crippen molar-refractivity contribution in [2.75, 3.05) is 19.0 Å². The molecule has 2 aromatic carbocycles. The molecule has 0 saturated heterocycles. The van der Waals surface area contributed by atoms with Gasteiger partial charge in [0, 0.05) is 37.3 Å². The summed E-state index contributed by atoms with van der Waals surface area (Å²) in [5.41, 5.74) is 5.24. The van der Waals surface area contributed by atoms with Gasteiger partial charge in [-0.3, -0.25) is 14.6 Å². The average molecular weight is 415 g/mol. The molecule has 0 fully saturated rings. The van der Waals surface area contributed by atoms with Crippen LogP contribution in [0.25, 0.3) is 21.8 Å². The van der Waals surface area contributed by atoms with Gasteiger partial charge in [-0.05, 0) is 53.8 Å². The van der Waals surface area contributed by atoms with Crippen LogP contribution in [0.1, 0.15) is 23.6 Å². The summed E-state index contributed by atoms with van der Waals surface area (Å²) in [4.78, 5) is 31.3. The van der Waals surface area contributed by atoms with Crippen molar-refractivity contribution in [1.29, 1.82) is 0 Å². The van der Waals surface area contributed by atoms with Crippen molar-refractivity contribution in [3.05, 3.63) is 81.8 Å². The first kappa shape index (κ1) is 20.6. The minimum atomic E-state index is -0.949. The molecule has 2 aromatic heterocycles. The lowest BCUT2D eigenvalue weighted by Gasteiger charge is -2.23. The van der Waals surface area contributed by atoms with Gasteiger partial charge >= 0.3 is 5.97 Å². The number of carboxylic acids is 1. The zero-order chi connectivity index (χ0) is 22.1. The Kier molecular flexibility index (Phi) is 5.46. The fourth-order valence-electron chi connectivity index (χ4n) is 4.27. The molecule has 0 atom stereocenters. The number of benzene rings is 2. The van der Waals surface area contributed by atoms with Crippen LogP contribution in [0.15, 0.2) is 59.7 Å². The second-order valence-electron chi connectivity index (χ2n) is 7.92. The quantitative estimate of drug-likeness (QED) is 0.484. The first-order valence-corrected chi connectivity index (χ1v) is 10.3. The number of fused-ring (bicyclic) bond motifs is 2. The van der Waals surface area contributed by atoms with Gasteiger partial charge in [0.25, 0.3) is 0 Å². The highest BCUT2D eigenvalue weighted by molar-refractivity contribution is 6.01. The summed E-state index contributed by atoms with van der Waals surface area (Å²) in [6.45, 7) is 1.83. The smallest absolute Gasteiger partial charge is 0.323 e. The van der Waals surface area contributed by atoms with Gasteiger partial charge in [0.05, 0.1) is 16.7 Å². The topological polar surface area (TPSA) is 75.4 Å². The third kappa shape index (κ3) is 3.77. The summed E-state index contributed by atoms with van der Waals surface area (Å²) in [5.74, 6) is -0.949. The summed E-state index contributed by atoms with van der Waals surface area (Å²) in [6.07, 6.45) is 4.98. The maximum Gasteiger partial charge on any atom is 0.323 e. The van der Waals surface area contributed by atoms with Crippen LogP contribution in [0, 0.1) is 0 Å². The van der Waals surface area contributed by atoms with E-state index < -0.39 is 5.97 Å². The van der Waals surface area contributed by atoms with E-state index in [0.29, 0.717) is 28.2 Å². The number of aliphatic carboxylic acids is 1. The molecule has 0 radical (unpaired) electrons. The van der Waals surface area contributed by atoms with E-state index >= 15 is 0 Å². The van der Waals surface area contributed by atoms with Gasteiger partial charge in [-0.25, -0.2) is 0 Å². The van der Waals surface area contributed by atoms with Crippen LogP contribution in [0.2, 0.25) is 0 Å². The van der Waals surface area contributed by atoms with Crippen LogP contribution in [0.3, 0.4) is 0 Å². The molecule has 0 aliphatic heterocycles. The lowest BCUT2D eigenvalue weighted by Crippen LogP contribution is -2.20. The zero-order valence-corrected chi connectivity index (χ0v) is 17.9. The number of rotatable bonds is 6. The van der Waals surface area contributed by atoms with Gasteiger partial charge < -0.3 is 14.6 Å². The highest BCUT2D eigenvalue weighted by Crippen LogP contribution is 2.32. The molecular weight excluding hydrogens is 390 g/mol. The number of carbonyl (C=O) groups is 1. The largest absolute Gasteiger partial charge is 0.480 e. The van der Waals surface area contributed by atoms with E-state index in [9.17, 15) is 14.7 Å². The van der Waals surface area contributed by atoms with Crippen LogP contribution in [-0.2, 0) is 24.2 Å². The Morgan fingerprint density at radius 1 is 1.10 bits per heavy atom. The maximum atomic E-state index is 13.4. The molecule has 0 aliphatic rings. The molecule has 0 spiro atoms. The van der Waals surface area contributed by atoms with Gasteiger partial charge in [0.1, 0.15) is 6.54 Å². The van der Waals surface area contributed by atoms with E-state index in [1.54, 1.807) is 10.8 Å². The second-order valence-corrected chi connectivity index (χ2v) is 7.92. The average Bonchev–Trinajstić information content (AvgIpc) is 2.76. The van der Waals surface area contributed by atoms with Crippen LogP contribution in [0.5, 0.6) is 0 Å². The Balaban J connectivity index is 2.08. The van der Waals surface area contributed by atoms with Crippen LogP contribution in [0.4, 0.5) is 5.69 Å². The molecule has 6 nitrogen and oxygen atoms in total. The Labute approximate surface area is 180 Å². The van der Waals surface area contributed by atoms with Gasteiger partial charge in [-0.2, -0.15) is 0 Å². The van der Waals surface area contributed by atoms with E-state index in [1.807, 2.05) is 67.7 Å². The summed E-state index contributed by atoms with van der Waals surface area (Å²) >= 11 is 0. The molecule has 31 heavy (non-hydrogen) atoms. The van der Waals surface area contributed by atoms with E-state index in [4.69, 9.17) is 0 Å². The Hall–Kier alpha value is -3.67. The molecular formula is C25H25N3O3. The highest BCUT2D eigenvalue weighted by atomic mass is 16.4. The first-order chi connectivity index (χ1) is 14.9. The van der Waals surface area contributed by atoms with Crippen molar-refractivity contribution >= 4 is 33.5 Å². The molecule has 4 rings (SSSR count). The Morgan fingerprint density at radius 3 is 2.52 bits per heavy atom. The zero-order valence-electron chi connectivity index (χ0n) is 17.9. The third-order valence-electron chi connectivity index (χ3n) is 5.60.